The van der Waals surface area contributed by atoms with Crippen LogP contribution in [0.4, 0.5) is 11.5 Å². The van der Waals surface area contributed by atoms with Crippen molar-refractivity contribution in [3.63, 3.8) is 0 Å². The second kappa shape index (κ2) is 6.67. The summed E-state index contributed by atoms with van der Waals surface area (Å²) in [5, 5.41) is 0. The summed E-state index contributed by atoms with van der Waals surface area (Å²) in [7, 11) is 0.256. The molecule has 0 aliphatic rings. The Morgan fingerprint density at radius 3 is 2.48 bits per heavy atom. The van der Waals surface area contributed by atoms with E-state index in [2.05, 4.69) is 25.6 Å². The summed E-state index contributed by atoms with van der Waals surface area (Å²) in [6.07, 6.45) is 2.62. The molecule has 0 fully saturated rings. The Morgan fingerprint density at radius 2 is 1.87 bits per heavy atom. The lowest BCUT2D eigenvalue weighted by molar-refractivity contribution is 0.103. The quantitative estimate of drug-likeness (QED) is 0.783. The Morgan fingerprint density at radius 1 is 1.17 bits per heavy atom. The van der Waals surface area contributed by atoms with Crippen molar-refractivity contribution < 1.29 is 13.2 Å². The summed E-state index contributed by atoms with van der Waals surface area (Å²) in [6.45, 7) is 0. The Bertz CT molecular complexity index is 851. The lowest BCUT2D eigenvalue weighted by atomic mass is 10.0. The standard InChI is InChI=1S/C15H16BrN3O3S/c1-19(2)14-8-10(4-5-17-14)15(20)11-6-12(16)9-13(7-11)18-23(3,21)22/h4-9,18H,1-3H3. The van der Waals surface area contributed by atoms with Gasteiger partial charge in [0.05, 0.1) is 11.9 Å². The predicted molar refractivity (Wildman–Crippen MR) is 94.6 cm³/mol. The number of ketones is 1. The first-order valence-electron chi connectivity index (χ1n) is 6.62. The maximum absolute atomic E-state index is 12.6. The highest BCUT2D eigenvalue weighted by Gasteiger charge is 2.13. The van der Waals surface area contributed by atoms with Gasteiger partial charge in [0.2, 0.25) is 10.0 Å². The molecule has 0 unspecified atom stereocenters. The summed E-state index contributed by atoms with van der Waals surface area (Å²) in [6, 6.07) is 8.05. The largest absolute Gasteiger partial charge is 0.363 e. The van der Waals surface area contributed by atoms with Crippen molar-refractivity contribution in [2.75, 3.05) is 30.0 Å². The van der Waals surface area contributed by atoms with Crippen LogP contribution in [-0.4, -0.2) is 39.5 Å². The molecule has 1 heterocycles. The normalized spacial score (nSPS) is 11.1. The van der Waals surface area contributed by atoms with Gasteiger partial charge in [-0.25, -0.2) is 13.4 Å². The van der Waals surface area contributed by atoms with Gasteiger partial charge in [-0.15, -0.1) is 0 Å². The number of benzene rings is 1. The van der Waals surface area contributed by atoms with E-state index in [-0.39, 0.29) is 5.78 Å². The van der Waals surface area contributed by atoms with Crippen molar-refractivity contribution in [1.29, 1.82) is 0 Å². The SMILES string of the molecule is CN(C)c1cc(C(=O)c2cc(Br)cc(NS(C)(=O)=O)c2)ccn1. The van der Waals surface area contributed by atoms with E-state index in [1.54, 1.807) is 35.4 Å². The Hall–Kier alpha value is -1.93. The summed E-state index contributed by atoms with van der Waals surface area (Å²) in [5.74, 6) is 0.452. The van der Waals surface area contributed by atoms with Crippen LogP contribution in [-0.2, 0) is 10.0 Å². The van der Waals surface area contributed by atoms with Gasteiger partial charge in [0, 0.05) is 35.9 Å². The molecule has 0 aliphatic carbocycles. The van der Waals surface area contributed by atoms with Crippen molar-refractivity contribution in [2.24, 2.45) is 0 Å². The number of sulfonamides is 1. The third-order valence-corrected chi connectivity index (χ3v) is 3.99. The number of hydrogen-bond acceptors (Lipinski definition) is 5. The molecule has 0 spiro atoms. The Kier molecular flexibility index (Phi) is 5.06. The molecule has 0 atom stereocenters. The van der Waals surface area contributed by atoms with Crippen molar-refractivity contribution in [3.05, 3.63) is 52.1 Å². The number of halogens is 1. The minimum atomic E-state index is -3.42. The van der Waals surface area contributed by atoms with Crippen LogP contribution in [0.2, 0.25) is 0 Å². The molecular weight excluding hydrogens is 382 g/mol. The predicted octanol–water partition coefficient (Wildman–Crippen LogP) is 2.51. The van der Waals surface area contributed by atoms with Crippen LogP contribution < -0.4 is 9.62 Å². The number of rotatable bonds is 5. The molecule has 23 heavy (non-hydrogen) atoms. The molecule has 8 heteroatoms. The monoisotopic (exact) mass is 397 g/mol. The smallest absolute Gasteiger partial charge is 0.229 e. The van der Waals surface area contributed by atoms with E-state index in [1.165, 1.54) is 6.07 Å². The van der Waals surface area contributed by atoms with E-state index in [0.29, 0.717) is 27.1 Å². The highest BCUT2D eigenvalue weighted by Crippen LogP contribution is 2.23. The van der Waals surface area contributed by atoms with Crippen LogP contribution in [0.25, 0.3) is 0 Å². The summed E-state index contributed by atoms with van der Waals surface area (Å²) in [5.41, 5.74) is 1.18. The molecule has 1 aromatic heterocycles. The molecule has 1 aromatic carbocycles. The molecule has 0 saturated carbocycles. The lowest BCUT2D eigenvalue weighted by Gasteiger charge is -2.12. The molecule has 0 amide bonds. The molecule has 122 valence electrons. The third-order valence-electron chi connectivity index (χ3n) is 2.93. The number of anilines is 2. The zero-order chi connectivity index (χ0) is 17.2. The number of pyridine rings is 1. The van der Waals surface area contributed by atoms with E-state index in [0.717, 1.165) is 6.26 Å². The fourth-order valence-corrected chi connectivity index (χ4v) is 3.00. The topological polar surface area (TPSA) is 79.4 Å². The first-order valence-corrected chi connectivity index (χ1v) is 9.30. The van der Waals surface area contributed by atoms with Gasteiger partial charge >= 0.3 is 0 Å². The van der Waals surface area contributed by atoms with Crippen LogP contribution in [0.15, 0.2) is 41.0 Å². The average molecular weight is 398 g/mol. The van der Waals surface area contributed by atoms with Crippen LogP contribution in [0.5, 0.6) is 0 Å². The highest BCUT2D eigenvalue weighted by molar-refractivity contribution is 9.10. The van der Waals surface area contributed by atoms with Gasteiger partial charge in [-0.2, -0.15) is 0 Å². The van der Waals surface area contributed by atoms with Gasteiger partial charge in [0.1, 0.15) is 5.82 Å². The van der Waals surface area contributed by atoms with Crippen molar-refractivity contribution in [3.8, 4) is 0 Å². The molecule has 6 nitrogen and oxygen atoms in total. The van der Waals surface area contributed by atoms with Crippen molar-refractivity contribution >= 4 is 43.2 Å². The third kappa shape index (κ3) is 4.77. The zero-order valence-corrected chi connectivity index (χ0v) is 15.3. The molecule has 0 saturated heterocycles. The maximum Gasteiger partial charge on any atom is 0.229 e. The molecular formula is C15H16BrN3O3S. The van der Waals surface area contributed by atoms with E-state index >= 15 is 0 Å². The van der Waals surface area contributed by atoms with Gasteiger partial charge in [-0.1, -0.05) is 15.9 Å². The minimum absolute atomic E-state index is 0.214. The molecule has 0 radical (unpaired) electrons. The highest BCUT2D eigenvalue weighted by atomic mass is 79.9. The summed E-state index contributed by atoms with van der Waals surface area (Å²) >= 11 is 3.29. The van der Waals surface area contributed by atoms with Gasteiger partial charge in [-0.05, 0) is 30.3 Å². The molecule has 0 aliphatic heterocycles. The lowest BCUT2D eigenvalue weighted by Crippen LogP contribution is -2.12. The molecule has 0 bridgehead atoms. The first kappa shape index (κ1) is 17.4. The van der Waals surface area contributed by atoms with Crippen LogP contribution in [0, 0.1) is 0 Å². The molecule has 2 aromatic rings. The number of nitrogens with one attached hydrogen (secondary N) is 1. The molecule has 2 rings (SSSR count). The fourth-order valence-electron chi connectivity index (χ4n) is 1.96. The Balaban J connectivity index is 2.41. The second-order valence-corrected chi connectivity index (χ2v) is 7.89. The second-order valence-electron chi connectivity index (χ2n) is 5.23. The zero-order valence-electron chi connectivity index (χ0n) is 12.9. The van der Waals surface area contributed by atoms with E-state index in [4.69, 9.17) is 0 Å². The summed E-state index contributed by atoms with van der Waals surface area (Å²) < 4.78 is 25.7. The maximum atomic E-state index is 12.6. The van der Waals surface area contributed by atoms with Gasteiger partial charge < -0.3 is 4.90 Å². The van der Waals surface area contributed by atoms with Crippen LogP contribution in [0.1, 0.15) is 15.9 Å². The average Bonchev–Trinajstić information content (AvgIpc) is 2.44. The first-order chi connectivity index (χ1) is 10.7. The molecule has 1 N–H and O–H groups in total. The number of hydrogen-bond donors (Lipinski definition) is 1. The van der Waals surface area contributed by atoms with Gasteiger partial charge in [0.25, 0.3) is 0 Å². The van der Waals surface area contributed by atoms with Crippen LogP contribution >= 0.6 is 15.9 Å². The van der Waals surface area contributed by atoms with E-state index < -0.39 is 10.0 Å². The number of aromatic nitrogens is 1. The summed E-state index contributed by atoms with van der Waals surface area (Å²) in [4.78, 5) is 18.6. The number of carbonyl (C=O) groups is 1. The van der Waals surface area contributed by atoms with E-state index in [1.807, 2.05) is 14.1 Å². The van der Waals surface area contributed by atoms with Gasteiger partial charge in [-0.3, -0.25) is 9.52 Å². The Labute approximate surface area is 143 Å². The fraction of sp³-hybridized carbons (Fsp3) is 0.200. The number of nitrogens with zero attached hydrogens (tertiary/aromatic N) is 2. The van der Waals surface area contributed by atoms with Gasteiger partial charge in [0.15, 0.2) is 5.78 Å². The van der Waals surface area contributed by atoms with E-state index in [9.17, 15) is 13.2 Å². The number of carbonyl (C=O) groups excluding carboxylic acids is 1. The van der Waals surface area contributed by atoms with Crippen molar-refractivity contribution in [2.45, 2.75) is 0 Å². The minimum Gasteiger partial charge on any atom is -0.363 e. The van der Waals surface area contributed by atoms with Crippen molar-refractivity contribution in [1.82, 2.24) is 4.98 Å². The van der Waals surface area contributed by atoms with Crippen LogP contribution in [0.3, 0.4) is 0 Å².